The van der Waals surface area contributed by atoms with Crippen molar-refractivity contribution in [2.75, 3.05) is 18.2 Å². The number of hydrogen-bond acceptors (Lipinski definition) is 5. The number of nitrogens with one attached hydrogen (secondary N) is 2. The monoisotopic (exact) mass is 333 g/mol. The fourth-order valence-corrected chi connectivity index (χ4v) is 3.01. The van der Waals surface area contributed by atoms with Gasteiger partial charge < -0.3 is 20.8 Å². The molecule has 0 aliphatic rings. The molecule has 6 nitrogen and oxygen atoms in total. The van der Waals surface area contributed by atoms with E-state index in [-0.39, 0.29) is 0 Å². The maximum Gasteiger partial charge on any atom is 0.225 e. The number of nitrogens with zero attached hydrogens (tertiary/aromatic N) is 2. The minimum atomic E-state index is 0.479. The number of benzene rings is 2. The minimum absolute atomic E-state index is 0.479. The van der Waals surface area contributed by atoms with Crippen LogP contribution < -0.4 is 15.8 Å². The van der Waals surface area contributed by atoms with E-state index in [0.29, 0.717) is 18.3 Å². The molecular weight excluding hydrogens is 314 g/mol. The van der Waals surface area contributed by atoms with Crippen molar-refractivity contribution in [1.82, 2.24) is 15.0 Å². The molecule has 2 heterocycles. The number of nitrogen functional groups attached to an aromatic ring is 1. The summed E-state index contributed by atoms with van der Waals surface area (Å²) < 4.78 is 5.17. The lowest BCUT2D eigenvalue weighted by atomic mass is 10.1. The van der Waals surface area contributed by atoms with Crippen LogP contribution in [0.3, 0.4) is 0 Å². The molecule has 4 rings (SSSR count). The fourth-order valence-electron chi connectivity index (χ4n) is 3.01. The van der Waals surface area contributed by atoms with Gasteiger partial charge in [0.05, 0.1) is 18.0 Å². The van der Waals surface area contributed by atoms with Crippen LogP contribution in [0.5, 0.6) is 5.75 Å². The predicted molar refractivity (Wildman–Crippen MR) is 101 cm³/mol. The Morgan fingerprint density at radius 1 is 1.12 bits per heavy atom. The lowest BCUT2D eigenvalue weighted by Gasteiger charge is -2.09. The highest BCUT2D eigenvalue weighted by Crippen LogP contribution is 2.29. The highest BCUT2D eigenvalue weighted by Gasteiger charge is 2.10. The second-order valence-corrected chi connectivity index (χ2v) is 6.01. The molecular formula is C19H19N5O. The van der Waals surface area contributed by atoms with Gasteiger partial charge >= 0.3 is 0 Å². The molecule has 0 fully saturated rings. The summed E-state index contributed by atoms with van der Waals surface area (Å²) in [6.45, 7) is 2.63. The molecule has 0 atom stereocenters. The fraction of sp³-hybridized carbons (Fsp3) is 0.158. The van der Waals surface area contributed by atoms with E-state index < -0.39 is 0 Å². The van der Waals surface area contributed by atoms with Crippen LogP contribution in [-0.2, 0) is 6.54 Å². The standard InChI is InChI=1S/C19H19N5O/c1-11-9-14-15(22-11)7-8-16-17(14)18(20)24-19(23-16)21-10-12-3-5-13(25-2)6-4-12/h3-9,22H,10H2,1-2H3,(H3,20,21,23,24). The first-order valence-corrected chi connectivity index (χ1v) is 8.06. The number of fused-ring (bicyclic) bond motifs is 3. The Labute approximate surface area is 145 Å². The van der Waals surface area contributed by atoms with Gasteiger partial charge in [-0.15, -0.1) is 0 Å². The van der Waals surface area contributed by atoms with Gasteiger partial charge in [-0.05, 0) is 42.8 Å². The highest BCUT2D eigenvalue weighted by molar-refractivity contribution is 6.10. The Hall–Kier alpha value is -3.28. The Kier molecular flexibility index (Phi) is 3.65. The molecule has 0 amide bonds. The summed E-state index contributed by atoms with van der Waals surface area (Å²) in [4.78, 5) is 12.3. The van der Waals surface area contributed by atoms with Crippen molar-refractivity contribution in [2.45, 2.75) is 13.5 Å². The van der Waals surface area contributed by atoms with Crippen molar-refractivity contribution in [3.63, 3.8) is 0 Å². The molecule has 0 aliphatic carbocycles. The molecule has 0 spiro atoms. The smallest absolute Gasteiger partial charge is 0.225 e. The Bertz CT molecular complexity index is 1050. The van der Waals surface area contributed by atoms with Crippen LogP contribution in [-0.4, -0.2) is 22.1 Å². The summed E-state index contributed by atoms with van der Waals surface area (Å²) in [5.41, 5.74) is 10.3. The van der Waals surface area contributed by atoms with Crippen LogP contribution in [0.2, 0.25) is 0 Å². The molecule has 0 unspecified atom stereocenters. The quantitative estimate of drug-likeness (QED) is 0.531. The third kappa shape index (κ3) is 2.82. The molecule has 0 saturated heterocycles. The van der Waals surface area contributed by atoms with Crippen molar-refractivity contribution in [1.29, 1.82) is 0 Å². The summed E-state index contributed by atoms with van der Waals surface area (Å²) in [7, 11) is 1.65. The number of hydrogen-bond donors (Lipinski definition) is 3. The lowest BCUT2D eigenvalue weighted by Crippen LogP contribution is -2.06. The van der Waals surface area contributed by atoms with Crippen LogP contribution in [0.4, 0.5) is 11.8 Å². The molecule has 126 valence electrons. The third-order valence-corrected chi connectivity index (χ3v) is 4.23. The number of ether oxygens (including phenoxy) is 1. The SMILES string of the molecule is COc1ccc(CNc2nc(N)c3c(ccc4[nH]c(C)cc43)n2)cc1. The molecule has 0 bridgehead atoms. The van der Waals surface area contributed by atoms with E-state index in [2.05, 4.69) is 26.3 Å². The maximum atomic E-state index is 6.22. The van der Waals surface area contributed by atoms with Gasteiger partial charge in [0.2, 0.25) is 5.95 Å². The molecule has 2 aromatic carbocycles. The molecule has 0 saturated carbocycles. The molecule has 4 N–H and O–H groups in total. The summed E-state index contributed by atoms with van der Waals surface area (Å²) in [5.74, 6) is 1.83. The van der Waals surface area contributed by atoms with E-state index in [1.54, 1.807) is 7.11 Å². The molecule has 2 aromatic heterocycles. The zero-order valence-corrected chi connectivity index (χ0v) is 14.1. The third-order valence-electron chi connectivity index (χ3n) is 4.23. The van der Waals surface area contributed by atoms with Crippen LogP contribution in [0, 0.1) is 6.92 Å². The summed E-state index contributed by atoms with van der Waals surface area (Å²) >= 11 is 0. The van der Waals surface area contributed by atoms with E-state index in [1.165, 1.54) is 0 Å². The maximum absolute atomic E-state index is 6.22. The van der Waals surface area contributed by atoms with E-state index in [9.17, 15) is 0 Å². The zero-order chi connectivity index (χ0) is 17.4. The van der Waals surface area contributed by atoms with E-state index in [4.69, 9.17) is 10.5 Å². The molecule has 0 aliphatic heterocycles. The van der Waals surface area contributed by atoms with Gasteiger partial charge in [-0.25, -0.2) is 4.98 Å². The van der Waals surface area contributed by atoms with E-state index in [0.717, 1.165) is 38.8 Å². The molecule has 6 heteroatoms. The van der Waals surface area contributed by atoms with Crippen molar-refractivity contribution >= 4 is 33.6 Å². The Morgan fingerprint density at radius 2 is 1.92 bits per heavy atom. The number of H-pyrrole nitrogens is 1. The topological polar surface area (TPSA) is 88.9 Å². The van der Waals surface area contributed by atoms with Crippen LogP contribution in [0.25, 0.3) is 21.8 Å². The molecule has 25 heavy (non-hydrogen) atoms. The van der Waals surface area contributed by atoms with Gasteiger partial charge in [0, 0.05) is 23.1 Å². The van der Waals surface area contributed by atoms with E-state index in [1.807, 2.05) is 43.3 Å². The molecule has 0 radical (unpaired) electrons. The van der Waals surface area contributed by atoms with Crippen molar-refractivity contribution in [3.8, 4) is 5.75 Å². The molecule has 4 aromatic rings. The van der Waals surface area contributed by atoms with Crippen molar-refractivity contribution in [3.05, 3.63) is 53.7 Å². The minimum Gasteiger partial charge on any atom is -0.497 e. The first-order chi connectivity index (χ1) is 12.1. The second kappa shape index (κ2) is 5.98. The largest absolute Gasteiger partial charge is 0.497 e. The van der Waals surface area contributed by atoms with E-state index >= 15 is 0 Å². The number of aromatic amines is 1. The number of aryl methyl sites for hydroxylation is 1. The predicted octanol–water partition coefficient (Wildman–Crippen LogP) is 3.62. The van der Waals surface area contributed by atoms with Gasteiger partial charge in [0.15, 0.2) is 0 Å². The number of anilines is 2. The van der Waals surface area contributed by atoms with Gasteiger partial charge in [0.25, 0.3) is 0 Å². The van der Waals surface area contributed by atoms with Gasteiger partial charge in [-0.3, -0.25) is 0 Å². The number of rotatable bonds is 4. The van der Waals surface area contributed by atoms with Gasteiger partial charge in [-0.1, -0.05) is 12.1 Å². The Balaban J connectivity index is 1.65. The van der Waals surface area contributed by atoms with Crippen molar-refractivity contribution < 1.29 is 4.74 Å². The average molecular weight is 333 g/mol. The van der Waals surface area contributed by atoms with Crippen LogP contribution in [0.1, 0.15) is 11.3 Å². The number of nitrogens with two attached hydrogens (primary N) is 1. The normalized spacial score (nSPS) is 11.1. The number of methoxy groups -OCH3 is 1. The average Bonchev–Trinajstić information content (AvgIpc) is 3.00. The van der Waals surface area contributed by atoms with Crippen LogP contribution >= 0.6 is 0 Å². The lowest BCUT2D eigenvalue weighted by molar-refractivity contribution is 0.414. The summed E-state index contributed by atoms with van der Waals surface area (Å²) in [6.07, 6.45) is 0. The van der Waals surface area contributed by atoms with Gasteiger partial charge in [-0.2, -0.15) is 4.98 Å². The summed E-state index contributed by atoms with van der Waals surface area (Å²) in [5, 5.41) is 5.17. The summed E-state index contributed by atoms with van der Waals surface area (Å²) in [6, 6.07) is 13.9. The zero-order valence-electron chi connectivity index (χ0n) is 14.1. The van der Waals surface area contributed by atoms with Crippen molar-refractivity contribution in [2.24, 2.45) is 0 Å². The Morgan fingerprint density at radius 3 is 2.68 bits per heavy atom. The highest BCUT2D eigenvalue weighted by atomic mass is 16.5. The second-order valence-electron chi connectivity index (χ2n) is 6.01. The number of aromatic nitrogens is 3. The van der Waals surface area contributed by atoms with Gasteiger partial charge in [0.1, 0.15) is 11.6 Å². The first-order valence-electron chi connectivity index (χ1n) is 8.06. The van der Waals surface area contributed by atoms with Crippen LogP contribution in [0.15, 0.2) is 42.5 Å². The first kappa shape index (κ1) is 15.3.